The van der Waals surface area contributed by atoms with Crippen molar-refractivity contribution in [1.82, 2.24) is 0 Å². The van der Waals surface area contributed by atoms with Crippen LogP contribution in [-0.2, 0) is 14.3 Å². The summed E-state index contributed by atoms with van der Waals surface area (Å²) >= 11 is 6.15. The second-order valence-corrected chi connectivity index (χ2v) is 7.36. The molecule has 168 valence electrons. The van der Waals surface area contributed by atoms with Gasteiger partial charge in [0.25, 0.3) is 5.69 Å². The molecule has 1 heterocycles. The van der Waals surface area contributed by atoms with E-state index < -0.39 is 16.9 Å². The number of cyclic esters (lactones) is 1. The second kappa shape index (κ2) is 9.93. The van der Waals surface area contributed by atoms with Gasteiger partial charge in [0, 0.05) is 23.8 Å². The molecule has 0 amide bonds. The van der Waals surface area contributed by atoms with Crippen molar-refractivity contribution in [3.05, 3.63) is 116 Å². The van der Waals surface area contributed by atoms with Crippen molar-refractivity contribution < 1.29 is 24.0 Å². The number of hydrogen-bond donors (Lipinski definition) is 0. The first kappa shape index (κ1) is 22.6. The Kier molecular flexibility index (Phi) is 6.61. The Bertz CT molecular complexity index is 1380. The number of non-ortho nitro benzene ring substituents is 1. The van der Waals surface area contributed by atoms with E-state index in [0.717, 1.165) is 0 Å². The topological polar surface area (TPSA) is 108 Å². The molecule has 9 heteroatoms. The van der Waals surface area contributed by atoms with Gasteiger partial charge in [-0.3, -0.25) is 10.1 Å². The summed E-state index contributed by atoms with van der Waals surface area (Å²) < 4.78 is 10.6. The standard InChI is InChI=1S/C25H15ClN2O6/c26-20-7-3-2-6-19(20)24-27-21(25(30)34-24)15-17-5-1-4-8-22(17)33-23(29)14-11-16-9-12-18(13-10-16)28(31)32/h1-15H/b14-11+,21-15-. The van der Waals surface area contributed by atoms with E-state index in [2.05, 4.69) is 4.99 Å². The molecule has 0 N–H and O–H groups in total. The highest BCUT2D eigenvalue weighted by atomic mass is 35.5. The van der Waals surface area contributed by atoms with E-state index in [1.807, 2.05) is 0 Å². The van der Waals surface area contributed by atoms with Crippen LogP contribution in [0.2, 0.25) is 5.02 Å². The van der Waals surface area contributed by atoms with Gasteiger partial charge in [-0.1, -0.05) is 41.9 Å². The van der Waals surface area contributed by atoms with Gasteiger partial charge in [0.1, 0.15) is 5.75 Å². The number of carbonyl (C=O) groups excluding carboxylic acids is 2. The molecule has 1 aliphatic rings. The average Bonchev–Trinajstić information content (AvgIpc) is 3.19. The number of carbonyl (C=O) groups is 2. The van der Waals surface area contributed by atoms with E-state index in [-0.39, 0.29) is 23.0 Å². The van der Waals surface area contributed by atoms with E-state index in [0.29, 0.717) is 21.7 Å². The molecule has 34 heavy (non-hydrogen) atoms. The Hall–Kier alpha value is -4.56. The van der Waals surface area contributed by atoms with Crippen LogP contribution >= 0.6 is 11.6 Å². The van der Waals surface area contributed by atoms with Gasteiger partial charge < -0.3 is 9.47 Å². The first-order valence-corrected chi connectivity index (χ1v) is 10.3. The fourth-order valence-electron chi connectivity index (χ4n) is 3.01. The Balaban J connectivity index is 1.52. The van der Waals surface area contributed by atoms with E-state index >= 15 is 0 Å². The number of benzene rings is 3. The smallest absolute Gasteiger partial charge is 0.363 e. The van der Waals surface area contributed by atoms with Crippen molar-refractivity contribution >= 4 is 47.3 Å². The van der Waals surface area contributed by atoms with Gasteiger partial charge in [0.15, 0.2) is 5.70 Å². The highest BCUT2D eigenvalue weighted by Gasteiger charge is 2.25. The molecular formula is C25H15ClN2O6. The van der Waals surface area contributed by atoms with Crippen molar-refractivity contribution in [2.24, 2.45) is 4.99 Å². The predicted octanol–water partition coefficient (Wildman–Crippen LogP) is 5.21. The van der Waals surface area contributed by atoms with Gasteiger partial charge in [-0.05, 0) is 48.0 Å². The molecule has 0 radical (unpaired) electrons. The van der Waals surface area contributed by atoms with Gasteiger partial charge >= 0.3 is 11.9 Å². The summed E-state index contributed by atoms with van der Waals surface area (Å²) in [4.78, 5) is 39.1. The van der Waals surface area contributed by atoms with Crippen LogP contribution < -0.4 is 4.74 Å². The molecule has 4 rings (SSSR count). The normalized spacial score (nSPS) is 14.2. The summed E-state index contributed by atoms with van der Waals surface area (Å²) in [5.41, 5.74) is 1.49. The van der Waals surface area contributed by atoms with Gasteiger partial charge in [-0.15, -0.1) is 0 Å². The molecule has 3 aromatic rings. The van der Waals surface area contributed by atoms with Gasteiger partial charge in [-0.25, -0.2) is 14.6 Å². The average molecular weight is 475 g/mol. The molecule has 0 spiro atoms. The van der Waals surface area contributed by atoms with Crippen molar-refractivity contribution in [3.8, 4) is 5.75 Å². The number of nitrogens with zero attached hydrogens (tertiary/aromatic N) is 2. The van der Waals surface area contributed by atoms with E-state index in [4.69, 9.17) is 21.1 Å². The summed E-state index contributed by atoms with van der Waals surface area (Å²) in [6.07, 6.45) is 4.12. The molecule has 0 aromatic heterocycles. The maximum Gasteiger partial charge on any atom is 0.363 e. The molecule has 1 aliphatic heterocycles. The lowest BCUT2D eigenvalue weighted by Gasteiger charge is -2.05. The van der Waals surface area contributed by atoms with E-state index in [1.54, 1.807) is 48.5 Å². The lowest BCUT2D eigenvalue weighted by Crippen LogP contribution is -2.06. The first-order chi connectivity index (χ1) is 16.4. The molecule has 0 aliphatic carbocycles. The van der Waals surface area contributed by atoms with Crippen LogP contribution in [0.4, 0.5) is 5.69 Å². The minimum Gasteiger partial charge on any atom is -0.423 e. The zero-order valence-electron chi connectivity index (χ0n) is 17.4. The third kappa shape index (κ3) is 5.25. The SMILES string of the molecule is O=C(/C=C/c1ccc([N+](=O)[O-])cc1)Oc1ccccc1/C=C1\N=C(c2ccccc2Cl)OC1=O. The zero-order chi connectivity index (χ0) is 24.1. The van der Waals surface area contributed by atoms with Crippen molar-refractivity contribution in [1.29, 1.82) is 0 Å². The number of rotatable bonds is 6. The van der Waals surface area contributed by atoms with Crippen molar-refractivity contribution in [2.45, 2.75) is 0 Å². The fraction of sp³-hybridized carbons (Fsp3) is 0. The van der Waals surface area contributed by atoms with Gasteiger partial charge in [0.05, 0.1) is 15.5 Å². The quantitative estimate of drug-likeness (QED) is 0.159. The Morgan fingerprint density at radius 2 is 1.74 bits per heavy atom. The summed E-state index contributed by atoms with van der Waals surface area (Å²) in [6.45, 7) is 0. The maximum atomic E-state index is 12.3. The first-order valence-electron chi connectivity index (χ1n) is 9.91. The zero-order valence-corrected chi connectivity index (χ0v) is 18.1. The number of nitro benzene ring substituents is 1. The number of nitro groups is 1. The van der Waals surface area contributed by atoms with Crippen LogP contribution in [0.25, 0.3) is 12.2 Å². The molecule has 0 bridgehead atoms. The minimum absolute atomic E-state index is 0.0276. The third-order valence-corrected chi connectivity index (χ3v) is 4.99. The van der Waals surface area contributed by atoms with Gasteiger partial charge in [0.2, 0.25) is 5.90 Å². The Morgan fingerprint density at radius 3 is 2.47 bits per heavy atom. The summed E-state index contributed by atoms with van der Waals surface area (Å²) in [5.74, 6) is -1.03. The number of hydrogen-bond acceptors (Lipinski definition) is 7. The maximum absolute atomic E-state index is 12.3. The summed E-state index contributed by atoms with van der Waals surface area (Å²) in [7, 11) is 0. The Labute approximate surface area is 198 Å². The van der Waals surface area contributed by atoms with Gasteiger partial charge in [-0.2, -0.15) is 0 Å². The molecule has 0 fully saturated rings. The van der Waals surface area contributed by atoms with Crippen LogP contribution in [0.15, 0.2) is 89.6 Å². The number of esters is 2. The minimum atomic E-state index is -0.668. The molecule has 3 aromatic carbocycles. The van der Waals surface area contributed by atoms with E-state index in [9.17, 15) is 19.7 Å². The molecule has 8 nitrogen and oxygen atoms in total. The largest absolute Gasteiger partial charge is 0.423 e. The molecule has 0 atom stereocenters. The van der Waals surface area contributed by atoms with Crippen LogP contribution in [0, 0.1) is 10.1 Å². The lowest BCUT2D eigenvalue weighted by molar-refractivity contribution is -0.384. The van der Waals surface area contributed by atoms with E-state index in [1.165, 1.54) is 42.5 Å². The molecular weight excluding hydrogens is 460 g/mol. The number of aliphatic imine (C=N–C) groups is 1. The highest BCUT2D eigenvalue weighted by molar-refractivity contribution is 6.34. The summed E-state index contributed by atoms with van der Waals surface area (Å²) in [5, 5.41) is 11.1. The second-order valence-electron chi connectivity index (χ2n) is 6.96. The van der Waals surface area contributed by atoms with Crippen LogP contribution in [0.5, 0.6) is 5.75 Å². The van der Waals surface area contributed by atoms with Crippen LogP contribution in [0.1, 0.15) is 16.7 Å². The highest BCUT2D eigenvalue weighted by Crippen LogP contribution is 2.27. The lowest BCUT2D eigenvalue weighted by atomic mass is 10.1. The van der Waals surface area contributed by atoms with Crippen molar-refractivity contribution in [2.75, 3.05) is 0 Å². The monoisotopic (exact) mass is 474 g/mol. The fourth-order valence-corrected chi connectivity index (χ4v) is 3.23. The van der Waals surface area contributed by atoms with Crippen molar-refractivity contribution in [3.63, 3.8) is 0 Å². The third-order valence-electron chi connectivity index (χ3n) is 4.66. The molecule has 0 unspecified atom stereocenters. The van der Waals surface area contributed by atoms with Crippen LogP contribution in [-0.4, -0.2) is 22.8 Å². The summed E-state index contributed by atoms with van der Waals surface area (Å²) in [6, 6.07) is 19.2. The predicted molar refractivity (Wildman–Crippen MR) is 126 cm³/mol. The number of ether oxygens (including phenoxy) is 2. The van der Waals surface area contributed by atoms with Crippen LogP contribution in [0.3, 0.4) is 0 Å². The number of halogens is 1. The molecule has 0 saturated heterocycles. The number of para-hydroxylation sites is 1. The molecule has 0 saturated carbocycles. The Morgan fingerprint density at radius 1 is 1.03 bits per heavy atom.